The van der Waals surface area contributed by atoms with Gasteiger partial charge in [-0.15, -0.1) is 0 Å². The van der Waals surface area contributed by atoms with Crippen LogP contribution in [0, 0.1) is 5.41 Å². The van der Waals surface area contributed by atoms with Gasteiger partial charge >= 0.3 is 0 Å². The van der Waals surface area contributed by atoms with Gasteiger partial charge in [-0.3, -0.25) is 0 Å². The lowest BCUT2D eigenvalue weighted by molar-refractivity contribution is 0.107. The van der Waals surface area contributed by atoms with Crippen LogP contribution < -0.4 is 5.32 Å². The number of hydrogen-bond acceptors (Lipinski definition) is 3. The molecular formula is C14H30N2O. The second-order valence-electron chi connectivity index (χ2n) is 5.73. The third-order valence-corrected chi connectivity index (χ3v) is 4.42. The van der Waals surface area contributed by atoms with Crippen molar-refractivity contribution in [1.29, 1.82) is 0 Å². The van der Waals surface area contributed by atoms with Gasteiger partial charge in [-0.25, -0.2) is 0 Å². The molecule has 1 fully saturated rings. The molecule has 0 aliphatic carbocycles. The van der Waals surface area contributed by atoms with E-state index in [9.17, 15) is 5.11 Å². The molecule has 3 nitrogen and oxygen atoms in total. The molecule has 1 aliphatic rings. The quantitative estimate of drug-likeness (QED) is 0.715. The fraction of sp³-hybridized carbons (Fsp3) is 1.00. The van der Waals surface area contributed by atoms with Gasteiger partial charge in [0, 0.05) is 6.04 Å². The normalized spacial score (nSPS) is 22.6. The van der Waals surface area contributed by atoms with E-state index in [1.165, 1.54) is 32.4 Å². The van der Waals surface area contributed by atoms with E-state index in [1.807, 2.05) is 0 Å². The molecule has 102 valence electrons. The van der Waals surface area contributed by atoms with Crippen LogP contribution in [-0.4, -0.2) is 48.8 Å². The Bertz CT molecular complexity index is 200. The Morgan fingerprint density at radius 3 is 2.41 bits per heavy atom. The van der Waals surface area contributed by atoms with E-state index in [0.29, 0.717) is 5.41 Å². The minimum Gasteiger partial charge on any atom is -0.395 e. The van der Waals surface area contributed by atoms with Gasteiger partial charge < -0.3 is 15.3 Å². The molecule has 2 N–H and O–H groups in total. The van der Waals surface area contributed by atoms with Crippen molar-refractivity contribution < 1.29 is 5.11 Å². The number of nitrogens with zero attached hydrogens (tertiary/aromatic N) is 1. The van der Waals surface area contributed by atoms with Crippen LogP contribution in [-0.2, 0) is 0 Å². The van der Waals surface area contributed by atoms with E-state index in [2.05, 4.69) is 31.0 Å². The van der Waals surface area contributed by atoms with Crippen molar-refractivity contribution in [3.63, 3.8) is 0 Å². The van der Waals surface area contributed by atoms with Crippen LogP contribution >= 0.6 is 0 Å². The van der Waals surface area contributed by atoms with Gasteiger partial charge in [-0.1, -0.05) is 27.2 Å². The van der Waals surface area contributed by atoms with Crippen molar-refractivity contribution in [1.82, 2.24) is 10.2 Å². The number of likely N-dealkylation sites (N-methyl/N-ethyl adjacent to an activating group) is 1. The highest BCUT2D eigenvalue weighted by Crippen LogP contribution is 2.33. The van der Waals surface area contributed by atoms with Gasteiger partial charge in [0.15, 0.2) is 0 Å². The maximum absolute atomic E-state index is 9.23. The lowest BCUT2D eigenvalue weighted by Gasteiger charge is -2.39. The molecule has 0 bridgehead atoms. The minimum atomic E-state index is 0.258. The van der Waals surface area contributed by atoms with Crippen LogP contribution in [0.5, 0.6) is 0 Å². The SMILES string of the molecule is CCNC(CO)CCN1CCC(C)(CC)CC1. The zero-order chi connectivity index (χ0) is 12.7. The lowest BCUT2D eigenvalue weighted by atomic mass is 9.78. The number of likely N-dealkylation sites (tertiary alicyclic amines) is 1. The number of aliphatic hydroxyl groups is 1. The molecule has 3 heteroatoms. The summed E-state index contributed by atoms with van der Waals surface area (Å²) in [4.78, 5) is 2.55. The maximum Gasteiger partial charge on any atom is 0.0585 e. The Kier molecular flexibility index (Phi) is 6.45. The predicted octanol–water partition coefficient (Wildman–Crippen LogP) is 1.86. The molecule has 1 atom stereocenters. The largest absolute Gasteiger partial charge is 0.395 e. The van der Waals surface area contributed by atoms with Crippen molar-refractivity contribution in [2.45, 2.75) is 52.5 Å². The van der Waals surface area contributed by atoms with Crippen LogP contribution in [0.1, 0.15) is 46.5 Å². The second-order valence-corrected chi connectivity index (χ2v) is 5.73. The Balaban J connectivity index is 2.21. The van der Waals surface area contributed by atoms with Crippen LogP contribution in [0.3, 0.4) is 0 Å². The van der Waals surface area contributed by atoms with Gasteiger partial charge in [-0.2, -0.15) is 0 Å². The van der Waals surface area contributed by atoms with Crippen molar-refractivity contribution in [3.05, 3.63) is 0 Å². The second kappa shape index (κ2) is 7.34. The number of nitrogens with one attached hydrogen (secondary N) is 1. The van der Waals surface area contributed by atoms with Gasteiger partial charge in [0.25, 0.3) is 0 Å². The zero-order valence-corrected chi connectivity index (χ0v) is 11.8. The molecule has 1 heterocycles. The first-order chi connectivity index (χ1) is 8.13. The Hall–Kier alpha value is -0.120. The summed E-state index contributed by atoms with van der Waals surface area (Å²) in [5.41, 5.74) is 0.578. The highest BCUT2D eigenvalue weighted by Gasteiger charge is 2.28. The van der Waals surface area contributed by atoms with Gasteiger partial charge in [0.1, 0.15) is 0 Å². The fourth-order valence-corrected chi connectivity index (χ4v) is 2.56. The van der Waals surface area contributed by atoms with Crippen molar-refractivity contribution in [2.24, 2.45) is 5.41 Å². The number of rotatable bonds is 7. The van der Waals surface area contributed by atoms with Gasteiger partial charge in [0.2, 0.25) is 0 Å². The van der Waals surface area contributed by atoms with Crippen molar-refractivity contribution in [3.8, 4) is 0 Å². The molecule has 1 saturated heterocycles. The summed E-state index contributed by atoms with van der Waals surface area (Å²) < 4.78 is 0. The van der Waals surface area contributed by atoms with Crippen LogP contribution in [0.15, 0.2) is 0 Å². The smallest absolute Gasteiger partial charge is 0.0585 e. The summed E-state index contributed by atoms with van der Waals surface area (Å²) >= 11 is 0. The number of hydrogen-bond donors (Lipinski definition) is 2. The highest BCUT2D eigenvalue weighted by atomic mass is 16.3. The van der Waals surface area contributed by atoms with E-state index in [-0.39, 0.29) is 12.6 Å². The Labute approximate surface area is 107 Å². The molecular weight excluding hydrogens is 212 g/mol. The predicted molar refractivity (Wildman–Crippen MR) is 73.2 cm³/mol. The first-order valence-electron chi connectivity index (χ1n) is 7.20. The summed E-state index contributed by atoms with van der Waals surface area (Å²) in [5, 5.41) is 12.5. The maximum atomic E-state index is 9.23. The van der Waals surface area contributed by atoms with Crippen LogP contribution in [0.2, 0.25) is 0 Å². The van der Waals surface area contributed by atoms with Gasteiger partial charge in [-0.05, 0) is 50.9 Å². The summed E-state index contributed by atoms with van der Waals surface area (Å²) in [5.74, 6) is 0. The molecule has 0 spiro atoms. The summed E-state index contributed by atoms with van der Waals surface area (Å²) in [6.07, 6.45) is 5.02. The Morgan fingerprint density at radius 2 is 1.94 bits per heavy atom. The number of piperidine rings is 1. The molecule has 1 unspecified atom stereocenters. The van der Waals surface area contributed by atoms with Crippen molar-refractivity contribution >= 4 is 0 Å². The molecule has 0 radical (unpaired) electrons. The van der Waals surface area contributed by atoms with Crippen LogP contribution in [0.25, 0.3) is 0 Å². The van der Waals surface area contributed by atoms with E-state index in [1.54, 1.807) is 0 Å². The van der Waals surface area contributed by atoms with Crippen LogP contribution in [0.4, 0.5) is 0 Å². The average molecular weight is 242 g/mol. The zero-order valence-electron chi connectivity index (χ0n) is 11.8. The number of aliphatic hydroxyl groups excluding tert-OH is 1. The summed E-state index contributed by atoms with van der Waals surface area (Å²) in [7, 11) is 0. The molecule has 0 aromatic heterocycles. The summed E-state index contributed by atoms with van der Waals surface area (Å²) in [6.45, 7) is 11.6. The Morgan fingerprint density at radius 1 is 1.29 bits per heavy atom. The first kappa shape index (κ1) is 14.9. The molecule has 0 aromatic rings. The summed E-state index contributed by atoms with van der Waals surface area (Å²) in [6, 6.07) is 0.277. The van der Waals surface area contributed by atoms with E-state index in [0.717, 1.165) is 19.5 Å². The monoisotopic (exact) mass is 242 g/mol. The van der Waals surface area contributed by atoms with E-state index in [4.69, 9.17) is 0 Å². The van der Waals surface area contributed by atoms with E-state index >= 15 is 0 Å². The molecule has 17 heavy (non-hydrogen) atoms. The van der Waals surface area contributed by atoms with E-state index < -0.39 is 0 Å². The molecule has 0 amide bonds. The fourth-order valence-electron chi connectivity index (χ4n) is 2.56. The standard InChI is InChI=1S/C14H30N2O/c1-4-14(3)7-10-16(11-8-14)9-6-13(12-17)15-5-2/h13,15,17H,4-12H2,1-3H3. The van der Waals surface area contributed by atoms with Crippen molar-refractivity contribution in [2.75, 3.05) is 32.8 Å². The lowest BCUT2D eigenvalue weighted by Crippen LogP contribution is -2.42. The highest BCUT2D eigenvalue weighted by molar-refractivity contribution is 4.81. The topological polar surface area (TPSA) is 35.5 Å². The average Bonchev–Trinajstić information content (AvgIpc) is 2.36. The minimum absolute atomic E-state index is 0.258. The third-order valence-electron chi connectivity index (χ3n) is 4.42. The molecule has 1 aliphatic heterocycles. The van der Waals surface area contributed by atoms with Gasteiger partial charge in [0.05, 0.1) is 6.61 Å². The molecule has 1 rings (SSSR count). The third kappa shape index (κ3) is 4.94. The first-order valence-corrected chi connectivity index (χ1v) is 7.20. The molecule has 0 saturated carbocycles. The molecule has 0 aromatic carbocycles.